The normalized spacial score (nSPS) is 19.4. The number of anilines is 1. The fraction of sp³-hybridized carbons (Fsp3) is 0.462. The molecule has 1 unspecified atom stereocenters. The van der Waals surface area contributed by atoms with Crippen molar-refractivity contribution in [3.8, 4) is 0 Å². The first-order valence-electron chi connectivity index (χ1n) is 6.76. The zero-order valence-electron chi connectivity index (χ0n) is 12.0. The summed E-state index contributed by atoms with van der Waals surface area (Å²) < 4.78 is 40.6. The summed E-state index contributed by atoms with van der Waals surface area (Å²) in [5, 5.41) is 2.30. The number of sulfonamides is 1. The van der Waals surface area contributed by atoms with E-state index in [0.29, 0.717) is 19.4 Å². The van der Waals surface area contributed by atoms with Crippen molar-refractivity contribution in [3.63, 3.8) is 0 Å². The molecule has 0 spiro atoms. The molecule has 1 aromatic rings. The van der Waals surface area contributed by atoms with Gasteiger partial charge in [-0.15, -0.1) is 0 Å². The Bertz CT molecular complexity index is 696. The van der Waals surface area contributed by atoms with Crippen LogP contribution in [0.15, 0.2) is 17.0 Å². The molecule has 1 fully saturated rings. The first-order chi connectivity index (χ1) is 10.3. The Morgan fingerprint density at radius 1 is 1.55 bits per heavy atom. The number of carbonyl (C=O) groups excluding carboxylic acids is 1. The van der Waals surface area contributed by atoms with Crippen LogP contribution < -0.4 is 11.1 Å². The number of nitrogens with zero attached hydrogens (tertiary/aromatic N) is 1. The first-order valence-corrected chi connectivity index (χ1v) is 8.57. The molecule has 3 N–H and O–H groups in total. The van der Waals surface area contributed by atoms with Crippen molar-refractivity contribution in [2.24, 2.45) is 5.73 Å². The summed E-state index contributed by atoms with van der Waals surface area (Å²) in [6, 6.07) is 1.59. The SMILES string of the molecule is CC(=O)Nc1cc(F)c(S(=O)(=O)N2CCCC2CN)cc1Cl. The van der Waals surface area contributed by atoms with Crippen LogP contribution in [0.4, 0.5) is 10.1 Å². The van der Waals surface area contributed by atoms with Crippen molar-refractivity contribution < 1.29 is 17.6 Å². The Morgan fingerprint density at radius 2 is 2.23 bits per heavy atom. The van der Waals surface area contributed by atoms with Gasteiger partial charge in [0, 0.05) is 32.1 Å². The van der Waals surface area contributed by atoms with Crippen LogP contribution in [0.1, 0.15) is 19.8 Å². The lowest BCUT2D eigenvalue weighted by atomic mass is 10.2. The Balaban J connectivity index is 2.43. The zero-order valence-corrected chi connectivity index (χ0v) is 13.5. The highest BCUT2D eigenvalue weighted by Crippen LogP contribution is 2.32. The number of nitrogens with one attached hydrogen (secondary N) is 1. The molecule has 1 aliphatic heterocycles. The quantitative estimate of drug-likeness (QED) is 0.862. The van der Waals surface area contributed by atoms with Crippen molar-refractivity contribution in [3.05, 3.63) is 23.0 Å². The second-order valence-corrected chi connectivity index (χ2v) is 7.36. The molecule has 1 amide bonds. The van der Waals surface area contributed by atoms with Crippen LogP contribution in [-0.2, 0) is 14.8 Å². The lowest BCUT2D eigenvalue weighted by Gasteiger charge is -2.23. The molecule has 1 heterocycles. The molecule has 0 aromatic heterocycles. The van der Waals surface area contributed by atoms with Gasteiger partial charge in [-0.2, -0.15) is 4.31 Å². The molecule has 0 saturated carbocycles. The lowest BCUT2D eigenvalue weighted by molar-refractivity contribution is -0.114. The molecular weight excluding hydrogens is 333 g/mol. The van der Waals surface area contributed by atoms with Crippen LogP contribution in [0, 0.1) is 5.82 Å². The average Bonchev–Trinajstić information content (AvgIpc) is 2.91. The summed E-state index contributed by atoms with van der Waals surface area (Å²) in [5.41, 5.74) is 5.60. The molecule has 9 heteroatoms. The van der Waals surface area contributed by atoms with E-state index in [1.807, 2.05) is 0 Å². The summed E-state index contributed by atoms with van der Waals surface area (Å²) in [6.45, 7) is 1.72. The van der Waals surface area contributed by atoms with Crippen LogP contribution in [0.2, 0.25) is 5.02 Å². The van der Waals surface area contributed by atoms with Crippen LogP contribution in [0.5, 0.6) is 0 Å². The fourth-order valence-corrected chi connectivity index (χ4v) is 4.55. The lowest BCUT2D eigenvalue weighted by Crippen LogP contribution is -2.40. The van der Waals surface area contributed by atoms with Crippen LogP contribution in [0.3, 0.4) is 0 Å². The molecule has 2 rings (SSSR count). The maximum absolute atomic E-state index is 14.2. The van der Waals surface area contributed by atoms with Gasteiger partial charge in [0.15, 0.2) is 0 Å². The molecule has 1 aromatic carbocycles. The van der Waals surface area contributed by atoms with E-state index in [9.17, 15) is 17.6 Å². The molecule has 22 heavy (non-hydrogen) atoms. The number of hydrogen-bond acceptors (Lipinski definition) is 4. The summed E-state index contributed by atoms with van der Waals surface area (Å²) in [6.07, 6.45) is 1.33. The van der Waals surface area contributed by atoms with E-state index in [1.54, 1.807) is 0 Å². The Labute approximate surface area is 133 Å². The van der Waals surface area contributed by atoms with Crippen molar-refractivity contribution in [2.45, 2.75) is 30.7 Å². The fourth-order valence-electron chi connectivity index (χ4n) is 2.50. The van der Waals surface area contributed by atoms with Gasteiger partial charge < -0.3 is 11.1 Å². The number of hydrogen-bond donors (Lipinski definition) is 2. The third-order valence-corrected chi connectivity index (χ3v) is 5.79. The largest absolute Gasteiger partial charge is 0.329 e. The van der Waals surface area contributed by atoms with Gasteiger partial charge in [0.2, 0.25) is 15.9 Å². The molecule has 1 atom stereocenters. The van der Waals surface area contributed by atoms with Gasteiger partial charge in [-0.25, -0.2) is 12.8 Å². The molecule has 1 aliphatic rings. The monoisotopic (exact) mass is 349 g/mol. The van der Waals surface area contributed by atoms with Gasteiger partial charge in [-0.05, 0) is 18.9 Å². The molecule has 122 valence electrons. The van der Waals surface area contributed by atoms with E-state index in [1.165, 1.54) is 11.2 Å². The highest BCUT2D eigenvalue weighted by Gasteiger charge is 2.36. The Morgan fingerprint density at radius 3 is 2.82 bits per heavy atom. The standard InChI is InChI=1S/C13H17ClFN3O3S/c1-8(19)17-12-6-11(15)13(5-10(12)14)22(20,21)18-4-2-3-9(18)7-16/h5-6,9H,2-4,7,16H2,1H3,(H,17,19). The number of carbonyl (C=O) groups is 1. The van der Waals surface area contributed by atoms with Gasteiger partial charge in [0.25, 0.3) is 0 Å². The minimum absolute atomic E-state index is 0.0300. The van der Waals surface area contributed by atoms with E-state index in [-0.39, 0.29) is 23.3 Å². The van der Waals surface area contributed by atoms with E-state index in [0.717, 1.165) is 12.1 Å². The number of halogens is 2. The average molecular weight is 350 g/mol. The molecule has 0 aliphatic carbocycles. The highest BCUT2D eigenvalue weighted by molar-refractivity contribution is 7.89. The summed E-state index contributed by atoms with van der Waals surface area (Å²) in [4.78, 5) is 10.5. The predicted molar refractivity (Wildman–Crippen MR) is 81.7 cm³/mol. The number of nitrogens with two attached hydrogens (primary N) is 1. The smallest absolute Gasteiger partial charge is 0.246 e. The Hall–Kier alpha value is -1.22. The second-order valence-electron chi connectivity index (χ2n) is 5.09. The first kappa shape index (κ1) is 17.1. The van der Waals surface area contributed by atoms with Gasteiger partial charge in [-0.1, -0.05) is 11.6 Å². The minimum Gasteiger partial charge on any atom is -0.329 e. The topological polar surface area (TPSA) is 92.5 Å². The Kier molecular flexibility index (Phi) is 5.06. The van der Waals surface area contributed by atoms with Crippen molar-refractivity contribution in [1.29, 1.82) is 0 Å². The highest BCUT2D eigenvalue weighted by atomic mass is 35.5. The van der Waals surface area contributed by atoms with E-state index < -0.39 is 26.6 Å². The summed E-state index contributed by atoms with van der Waals surface area (Å²) in [5.74, 6) is -1.39. The van der Waals surface area contributed by atoms with Crippen molar-refractivity contribution in [2.75, 3.05) is 18.4 Å². The summed E-state index contributed by atoms with van der Waals surface area (Å²) >= 11 is 5.94. The predicted octanol–water partition coefficient (Wildman–Crippen LogP) is 1.55. The number of amides is 1. The molecule has 1 saturated heterocycles. The van der Waals surface area contributed by atoms with Gasteiger partial charge >= 0.3 is 0 Å². The van der Waals surface area contributed by atoms with E-state index >= 15 is 0 Å². The van der Waals surface area contributed by atoms with Crippen molar-refractivity contribution in [1.82, 2.24) is 4.31 Å². The molecule has 0 bridgehead atoms. The van der Waals surface area contributed by atoms with Crippen LogP contribution in [-0.4, -0.2) is 37.8 Å². The van der Waals surface area contributed by atoms with Crippen LogP contribution >= 0.6 is 11.6 Å². The second kappa shape index (κ2) is 6.49. The maximum Gasteiger partial charge on any atom is 0.246 e. The zero-order chi connectivity index (χ0) is 16.5. The summed E-state index contributed by atoms with van der Waals surface area (Å²) in [7, 11) is -4.02. The van der Waals surface area contributed by atoms with E-state index in [2.05, 4.69) is 5.32 Å². The van der Waals surface area contributed by atoms with Gasteiger partial charge in [0.05, 0.1) is 10.7 Å². The van der Waals surface area contributed by atoms with E-state index in [4.69, 9.17) is 17.3 Å². The molecule has 0 radical (unpaired) electrons. The minimum atomic E-state index is -4.02. The third-order valence-electron chi connectivity index (χ3n) is 3.51. The van der Waals surface area contributed by atoms with Gasteiger partial charge in [0.1, 0.15) is 10.7 Å². The molecule has 6 nitrogen and oxygen atoms in total. The number of rotatable bonds is 4. The van der Waals surface area contributed by atoms with Crippen molar-refractivity contribution >= 4 is 33.2 Å². The van der Waals surface area contributed by atoms with Crippen LogP contribution in [0.25, 0.3) is 0 Å². The maximum atomic E-state index is 14.2. The number of benzene rings is 1. The van der Waals surface area contributed by atoms with Gasteiger partial charge in [-0.3, -0.25) is 4.79 Å². The third kappa shape index (κ3) is 3.24. The molecular formula is C13H17ClFN3O3S.